The Morgan fingerprint density at radius 1 is 1.13 bits per heavy atom. The van der Waals surface area contributed by atoms with Gasteiger partial charge in [-0.1, -0.05) is 0 Å². The van der Waals surface area contributed by atoms with Crippen molar-refractivity contribution in [3.8, 4) is 0 Å². The van der Waals surface area contributed by atoms with E-state index >= 15 is 0 Å². The van der Waals surface area contributed by atoms with Gasteiger partial charge >= 0.3 is 0 Å². The van der Waals surface area contributed by atoms with E-state index in [1.807, 2.05) is 0 Å². The third-order valence-corrected chi connectivity index (χ3v) is 2.28. The van der Waals surface area contributed by atoms with E-state index in [1.54, 1.807) is 0 Å². The standard InChI is InChI=1S/C8H14O7/c1-2(9)3(10)7-5(12)4(11)6(13)8(14)15-7/h2,4-9,11-14H,1H3/t2?,4-,5+,6+,7+,8?/m0/s1. The highest BCUT2D eigenvalue weighted by Gasteiger charge is 2.46. The number of carbonyl (C=O) groups is 1. The van der Waals surface area contributed by atoms with Gasteiger partial charge in [0.15, 0.2) is 18.2 Å². The monoisotopic (exact) mass is 222 g/mol. The highest BCUT2D eigenvalue weighted by atomic mass is 16.6. The molecule has 5 N–H and O–H groups in total. The number of ether oxygens (including phenoxy) is 1. The minimum Gasteiger partial charge on any atom is -0.387 e. The average Bonchev–Trinajstić information content (AvgIpc) is 2.19. The number of hydrogen-bond acceptors (Lipinski definition) is 7. The van der Waals surface area contributed by atoms with Crippen LogP contribution in [0.4, 0.5) is 0 Å². The SMILES string of the molecule is CC(O)C(=O)[C@H]1OC(O)[C@H](O)[C@@H](O)[C@H]1O. The van der Waals surface area contributed by atoms with Crippen molar-refractivity contribution >= 4 is 5.78 Å². The molecule has 0 aliphatic carbocycles. The Labute approximate surface area is 85.5 Å². The van der Waals surface area contributed by atoms with Gasteiger partial charge in [-0.25, -0.2) is 0 Å². The van der Waals surface area contributed by atoms with E-state index < -0.39 is 42.6 Å². The minimum atomic E-state index is -1.77. The molecule has 0 aromatic heterocycles. The zero-order chi connectivity index (χ0) is 11.7. The molecule has 1 aliphatic rings. The van der Waals surface area contributed by atoms with E-state index in [0.717, 1.165) is 0 Å². The molecule has 0 saturated carbocycles. The number of carbonyl (C=O) groups excluding carboxylic acids is 1. The van der Waals surface area contributed by atoms with E-state index in [4.69, 9.17) is 15.3 Å². The number of ketones is 1. The first kappa shape index (κ1) is 12.5. The Kier molecular flexibility index (Phi) is 3.77. The first-order chi connectivity index (χ1) is 6.86. The van der Waals surface area contributed by atoms with Gasteiger partial charge in [-0.15, -0.1) is 0 Å². The molecular formula is C8H14O7. The second-order valence-electron chi connectivity index (χ2n) is 3.50. The smallest absolute Gasteiger partial charge is 0.192 e. The number of rotatable bonds is 2. The molecule has 7 nitrogen and oxygen atoms in total. The van der Waals surface area contributed by atoms with Crippen molar-refractivity contribution in [2.24, 2.45) is 0 Å². The molecule has 0 aromatic rings. The van der Waals surface area contributed by atoms with Crippen LogP contribution in [0, 0.1) is 0 Å². The van der Waals surface area contributed by atoms with Gasteiger partial charge in [0.05, 0.1) is 0 Å². The van der Waals surface area contributed by atoms with Crippen LogP contribution < -0.4 is 0 Å². The second-order valence-corrected chi connectivity index (χ2v) is 3.50. The van der Waals surface area contributed by atoms with E-state index in [-0.39, 0.29) is 0 Å². The van der Waals surface area contributed by atoms with Gasteiger partial charge in [-0.05, 0) is 6.92 Å². The third-order valence-electron chi connectivity index (χ3n) is 2.28. The van der Waals surface area contributed by atoms with Crippen LogP contribution in [0.25, 0.3) is 0 Å². The van der Waals surface area contributed by atoms with E-state index in [1.165, 1.54) is 6.92 Å². The average molecular weight is 222 g/mol. The van der Waals surface area contributed by atoms with Crippen molar-refractivity contribution in [3.05, 3.63) is 0 Å². The summed E-state index contributed by atoms with van der Waals surface area (Å²) in [5, 5.41) is 45.8. The van der Waals surface area contributed by atoms with Gasteiger partial charge < -0.3 is 30.3 Å². The Morgan fingerprint density at radius 3 is 2.13 bits per heavy atom. The van der Waals surface area contributed by atoms with E-state index in [2.05, 4.69) is 4.74 Å². The topological polar surface area (TPSA) is 127 Å². The third kappa shape index (κ3) is 2.33. The number of aliphatic hydroxyl groups is 5. The molecule has 1 fully saturated rings. The predicted molar refractivity (Wildman–Crippen MR) is 45.6 cm³/mol. The molecule has 0 aromatic carbocycles. The Hall–Kier alpha value is -0.570. The van der Waals surface area contributed by atoms with E-state index in [9.17, 15) is 15.0 Å². The molecule has 6 atom stereocenters. The molecule has 2 unspecified atom stereocenters. The molecule has 15 heavy (non-hydrogen) atoms. The summed E-state index contributed by atoms with van der Waals surface area (Å²) in [6.07, 6.45) is -9.75. The molecule has 7 heteroatoms. The molecule has 1 saturated heterocycles. The lowest BCUT2D eigenvalue weighted by Crippen LogP contribution is -2.60. The van der Waals surface area contributed by atoms with Crippen LogP contribution in [0.3, 0.4) is 0 Å². The summed E-state index contributed by atoms with van der Waals surface area (Å²) in [5.41, 5.74) is 0. The molecule has 0 bridgehead atoms. The summed E-state index contributed by atoms with van der Waals surface area (Å²) >= 11 is 0. The fraction of sp³-hybridized carbons (Fsp3) is 0.875. The largest absolute Gasteiger partial charge is 0.387 e. The van der Waals surface area contributed by atoms with E-state index in [0.29, 0.717) is 0 Å². The molecule has 88 valence electrons. The highest BCUT2D eigenvalue weighted by molar-refractivity contribution is 5.87. The lowest BCUT2D eigenvalue weighted by atomic mass is 9.94. The lowest BCUT2D eigenvalue weighted by molar-refractivity contribution is -0.276. The summed E-state index contributed by atoms with van der Waals surface area (Å²) in [7, 11) is 0. The molecule has 0 spiro atoms. The van der Waals surface area contributed by atoms with Crippen molar-refractivity contribution < 1.29 is 35.1 Å². The highest BCUT2D eigenvalue weighted by Crippen LogP contribution is 2.21. The summed E-state index contributed by atoms with van der Waals surface area (Å²) in [5.74, 6) is -0.868. The summed E-state index contributed by atoms with van der Waals surface area (Å²) in [4.78, 5) is 11.3. The van der Waals surface area contributed by atoms with Crippen LogP contribution in [-0.2, 0) is 9.53 Å². The van der Waals surface area contributed by atoms with Crippen LogP contribution in [0.2, 0.25) is 0 Å². The second kappa shape index (κ2) is 4.52. The zero-order valence-corrected chi connectivity index (χ0v) is 8.02. The van der Waals surface area contributed by atoms with Crippen LogP contribution in [0.1, 0.15) is 6.92 Å². The van der Waals surface area contributed by atoms with Gasteiger partial charge in [-0.3, -0.25) is 4.79 Å². The van der Waals surface area contributed by atoms with Gasteiger partial charge in [0.25, 0.3) is 0 Å². The van der Waals surface area contributed by atoms with Crippen LogP contribution in [-0.4, -0.2) is 68.1 Å². The maximum atomic E-state index is 11.3. The molecular weight excluding hydrogens is 208 g/mol. The quantitative estimate of drug-likeness (QED) is 0.332. The number of Topliss-reactive ketones (excluding diaryl/α,β-unsaturated/α-hetero) is 1. The van der Waals surface area contributed by atoms with Crippen molar-refractivity contribution in [1.82, 2.24) is 0 Å². The Bertz CT molecular complexity index is 241. The maximum Gasteiger partial charge on any atom is 0.192 e. The molecule has 0 radical (unpaired) electrons. The van der Waals surface area contributed by atoms with Crippen LogP contribution in [0.15, 0.2) is 0 Å². The number of hydrogen-bond donors (Lipinski definition) is 5. The fourth-order valence-electron chi connectivity index (χ4n) is 1.33. The minimum absolute atomic E-state index is 0.868. The van der Waals surface area contributed by atoms with Crippen molar-refractivity contribution in [1.29, 1.82) is 0 Å². The van der Waals surface area contributed by atoms with Gasteiger partial charge in [0.1, 0.15) is 24.4 Å². The molecule has 1 rings (SSSR count). The normalized spacial score (nSPS) is 43.7. The first-order valence-electron chi connectivity index (χ1n) is 4.45. The fourth-order valence-corrected chi connectivity index (χ4v) is 1.33. The Balaban J connectivity index is 2.79. The molecule has 1 aliphatic heterocycles. The van der Waals surface area contributed by atoms with Crippen LogP contribution in [0.5, 0.6) is 0 Å². The van der Waals surface area contributed by atoms with Crippen molar-refractivity contribution in [2.75, 3.05) is 0 Å². The van der Waals surface area contributed by atoms with Crippen LogP contribution >= 0.6 is 0 Å². The lowest BCUT2D eigenvalue weighted by Gasteiger charge is -2.37. The van der Waals surface area contributed by atoms with Gasteiger partial charge in [0, 0.05) is 0 Å². The van der Waals surface area contributed by atoms with Crippen molar-refractivity contribution in [2.45, 2.75) is 43.7 Å². The summed E-state index contributed by atoms with van der Waals surface area (Å²) in [6, 6.07) is 0. The summed E-state index contributed by atoms with van der Waals surface area (Å²) < 4.78 is 4.59. The number of aliphatic hydroxyl groups excluding tert-OH is 5. The van der Waals surface area contributed by atoms with Gasteiger partial charge in [0.2, 0.25) is 0 Å². The Morgan fingerprint density at radius 2 is 1.67 bits per heavy atom. The molecule has 1 heterocycles. The van der Waals surface area contributed by atoms with Gasteiger partial charge in [-0.2, -0.15) is 0 Å². The zero-order valence-electron chi connectivity index (χ0n) is 8.02. The predicted octanol–water partition coefficient (Wildman–Crippen LogP) is -3.26. The van der Waals surface area contributed by atoms with Crippen molar-refractivity contribution in [3.63, 3.8) is 0 Å². The maximum absolute atomic E-state index is 11.3. The summed E-state index contributed by atoms with van der Waals surface area (Å²) in [6.45, 7) is 1.17. The first-order valence-corrected chi connectivity index (χ1v) is 4.45. The molecule has 0 amide bonds.